The van der Waals surface area contributed by atoms with Gasteiger partial charge in [0.05, 0.1) is 5.92 Å². The van der Waals surface area contributed by atoms with Gasteiger partial charge in [-0.1, -0.05) is 29.5 Å². The van der Waals surface area contributed by atoms with Gasteiger partial charge in [-0.15, -0.1) is 0 Å². The van der Waals surface area contributed by atoms with Crippen LogP contribution in [0.15, 0.2) is 0 Å². The molecule has 1 aliphatic carbocycles. The van der Waals surface area contributed by atoms with Crippen molar-refractivity contribution in [1.29, 1.82) is 0 Å². The normalized spacial score (nSPS) is 38.2. The van der Waals surface area contributed by atoms with Gasteiger partial charge in [0.1, 0.15) is 0 Å². The molecule has 0 amide bonds. The summed E-state index contributed by atoms with van der Waals surface area (Å²) >= 11 is 2.12. The molecule has 0 nitrogen and oxygen atoms in total. The number of rotatable bonds is 0. The fourth-order valence-corrected chi connectivity index (χ4v) is 2.63. The van der Waals surface area contributed by atoms with Crippen LogP contribution in [0, 0.1) is 11.8 Å². The molecule has 1 aliphatic rings. The highest BCUT2D eigenvalue weighted by Gasteiger charge is 2.45. The number of alkyl halides is 4. The maximum absolute atomic E-state index is 12.4. The molecular formula is C8H12F3I. The van der Waals surface area contributed by atoms with Gasteiger partial charge in [-0.05, 0) is 25.2 Å². The molecule has 1 rings (SSSR count). The molecular weight excluding hydrogens is 280 g/mol. The van der Waals surface area contributed by atoms with E-state index in [9.17, 15) is 13.2 Å². The lowest BCUT2D eigenvalue weighted by Crippen LogP contribution is -2.34. The standard InChI is InChI=1S/C8H12F3I/c1-5-2-3-6(12)4-7(5)8(9,10)11/h5-7H,2-4H2,1H3. The van der Waals surface area contributed by atoms with E-state index in [0.717, 1.165) is 12.8 Å². The molecule has 1 fully saturated rings. The van der Waals surface area contributed by atoms with Gasteiger partial charge in [-0.25, -0.2) is 0 Å². The SMILES string of the molecule is CC1CCC(I)CC1C(F)(F)F. The summed E-state index contributed by atoms with van der Waals surface area (Å²) in [5.41, 5.74) is 0. The zero-order chi connectivity index (χ0) is 9.35. The second-order valence-corrected chi connectivity index (χ2v) is 5.30. The molecule has 72 valence electrons. The first-order chi connectivity index (χ1) is 5.41. The predicted octanol–water partition coefficient (Wildman–Crippen LogP) is 3.79. The molecule has 0 radical (unpaired) electrons. The molecule has 0 spiro atoms. The van der Waals surface area contributed by atoms with Crippen molar-refractivity contribution in [3.8, 4) is 0 Å². The largest absolute Gasteiger partial charge is 0.392 e. The molecule has 3 unspecified atom stereocenters. The van der Waals surface area contributed by atoms with Gasteiger partial charge in [0.15, 0.2) is 0 Å². The van der Waals surface area contributed by atoms with Crippen LogP contribution in [-0.2, 0) is 0 Å². The van der Waals surface area contributed by atoms with E-state index in [4.69, 9.17) is 0 Å². The molecule has 1 saturated carbocycles. The van der Waals surface area contributed by atoms with E-state index in [1.165, 1.54) is 0 Å². The van der Waals surface area contributed by atoms with E-state index in [0.29, 0.717) is 6.42 Å². The number of halogens is 4. The maximum atomic E-state index is 12.4. The molecule has 0 saturated heterocycles. The van der Waals surface area contributed by atoms with Crippen LogP contribution in [0.4, 0.5) is 13.2 Å². The van der Waals surface area contributed by atoms with Gasteiger partial charge in [0.25, 0.3) is 0 Å². The van der Waals surface area contributed by atoms with Crippen molar-refractivity contribution in [2.75, 3.05) is 0 Å². The van der Waals surface area contributed by atoms with Crippen molar-refractivity contribution >= 4 is 22.6 Å². The van der Waals surface area contributed by atoms with E-state index >= 15 is 0 Å². The molecule has 0 aliphatic heterocycles. The van der Waals surface area contributed by atoms with Crippen LogP contribution in [0.2, 0.25) is 0 Å². The zero-order valence-electron chi connectivity index (χ0n) is 6.87. The first kappa shape index (κ1) is 10.6. The Morgan fingerprint density at radius 1 is 1.25 bits per heavy atom. The summed E-state index contributed by atoms with van der Waals surface area (Å²) in [6.07, 6.45) is -2.01. The van der Waals surface area contributed by atoms with Crippen LogP contribution in [0.25, 0.3) is 0 Å². The highest BCUT2D eigenvalue weighted by Crippen LogP contribution is 2.43. The zero-order valence-corrected chi connectivity index (χ0v) is 9.02. The van der Waals surface area contributed by atoms with Crippen molar-refractivity contribution < 1.29 is 13.2 Å². The lowest BCUT2D eigenvalue weighted by molar-refractivity contribution is -0.193. The van der Waals surface area contributed by atoms with E-state index < -0.39 is 12.1 Å². The van der Waals surface area contributed by atoms with Crippen LogP contribution in [0.1, 0.15) is 26.2 Å². The maximum Gasteiger partial charge on any atom is 0.392 e. The second kappa shape index (κ2) is 3.72. The summed E-state index contributed by atoms with van der Waals surface area (Å²) in [6.45, 7) is 1.71. The molecule has 0 aromatic heterocycles. The highest BCUT2D eigenvalue weighted by atomic mass is 127. The molecule has 4 heteroatoms. The van der Waals surface area contributed by atoms with Gasteiger partial charge in [0, 0.05) is 3.92 Å². The Morgan fingerprint density at radius 3 is 2.25 bits per heavy atom. The van der Waals surface area contributed by atoms with Gasteiger partial charge in [0.2, 0.25) is 0 Å². The van der Waals surface area contributed by atoms with Crippen molar-refractivity contribution in [2.45, 2.75) is 36.3 Å². The van der Waals surface area contributed by atoms with Crippen LogP contribution in [-0.4, -0.2) is 10.1 Å². The minimum Gasteiger partial charge on any atom is -0.171 e. The fourth-order valence-electron chi connectivity index (χ4n) is 1.73. The summed E-state index contributed by atoms with van der Waals surface area (Å²) in [5.74, 6) is -1.25. The molecule has 12 heavy (non-hydrogen) atoms. The van der Waals surface area contributed by atoms with E-state index in [1.54, 1.807) is 6.92 Å². The summed E-state index contributed by atoms with van der Waals surface area (Å²) in [5, 5.41) is 0. The van der Waals surface area contributed by atoms with Crippen molar-refractivity contribution in [2.24, 2.45) is 11.8 Å². The number of hydrogen-bond acceptors (Lipinski definition) is 0. The van der Waals surface area contributed by atoms with E-state index in [-0.39, 0.29) is 9.84 Å². The van der Waals surface area contributed by atoms with Crippen molar-refractivity contribution in [3.63, 3.8) is 0 Å². The third kappa shape index (κ3) is 2.50. The van der Waals surface area contributed by atoms with E-state index in [2.05, 4.69) is 22.6 Å². The molecule has 0 N–H and O–H groups in total. The van der Waals surface area contributed by atoms with Gasteiger partial charge >= 0.3 is 6.18 Å². The average Bonchev–Trinajstić information content (AvgIpc) is 1.92. The van der Waals surface area contributed by atoms with Crippen LogP contribution in [0.3, 0.4) is 0 Å². The smallest absolute Gasteiger partial charge is 0.171 e. The summed E-state index contributed by atoms with van der Waals surface area (Å²) in [6, 6.07) is 0. The molecule has 0 aromatic rings. The minimum absolute atomic E-state index is 0.184. The van der Waals surface area contributed by atoms with E-state index in [1.807, 2.05) is 0 Å². The van der Waals surface area contributed by atoms with Gasteiger partial charge < -0.3 is 0 Å². The van der Waals surface area contributed by atoms with Gasteiger partial charge in [-0.3, -0.25) is 0 Å². The summed E-state index contributed by atoms with van der Waals surface area (Å²) < 4.78 is 37.3. The summed E-state index contributed by atoms with van der Waals surface area (Å²) in [4.78, 5) is 0. The first-order valence-electron chi connectivity index (χ1n) is 4.12. The number of hydrogen-bond donors (Lipinski definition) is 0. The van der Waals surface area contributed by atoms with Crippen LogP contribution in [0.5, 0.6) is 0 Å². The average molecular weight is 292 g/mol. The van der Waals surface area contributed by atoms with Crippen LogP contribution < -0.4 is 0 Å². The highest BCUT2D eigenvalue weighted by molar-refractivity contribution is 14.1. The molecule has 0 aromatic carbocycles. The van der Waals surface area contributed by atoms with Crippen molar-refractivity contribution in [3.05, 3.63) is 0 Å². The monoisotopic (exact) mass is 292 g/mol. The third-order valence-corrected chi connectivity index (χ3v) is 3.68. The Labute approximate surface area is 84.0 Å². The Balaban J connectivity index is 2.61. The Morgan fingerprint density at radius 2 is 1.83 bits per heavy atom. The third-order valence-electron chi connectivity index (χ3n) is 2.55. The lowest BCUT2D eigenvalue weighted by Gasteiger charge is -2.33. The predicted molar refractivity (Wildman–Crippen MR) is 50.4 cm³/mol. The quantitative estimate of drug-likeness (QED) is 0.471. The minimum atomic E-state index is -3.98. The molecule has 0 heterocycles. The first-order valence-corrected chi connectivity index (χ1v) is 5.36. The topological polar surface area (TPSA) is 0 Å². The van der Waals surface area contributed by atoms with Gasteiger partial charge in [-0.2, -0.15) is 13.2 Å². The molecule has 0 bridgehead atoms. The molecule has 3 atom stereocenters. The van der Waals surface area contributed by atoms with Crippen LogP contribution >= 0.6 is 22.6 Å². The second-order valence-electron chi connectivity index (χ2n) is 3.54. The summed E-state index contributed by atoms with van der Waals surface area (Å²) in [7, 11) is 0. The Bertz CT molecular complexity index is 155. The lowest BCUT2D eigenvalue weighted by atomic mass is 9.80. The fraction of sp³-hybridized carbons (Fsp3) is 1.00. The Kier molecular flexibility index (Phi) is 3.28. The van der Waals surface area contributed by atoms with Crippen molar-refractivity contribution in [1.82, 2.24) is 0 Å². The Hall–Kier alpha value is 0.520.